The number of hydrogen-bond donors (Lipinski definition) is 1. The van der Waals surface area contributed by atoms with Gasteiger partial charge in [-0.1, -0.05) is 12.1 Å². The van der Waals surface area contributed by atoms with Crippen LogP contribution in [0, 0.1) is 34.1 Å². The van der Waals surface area contributed by atoms with Crippen LogP contribution in [0.4, 0.5) is 0 Å². The van der Waals surface area contributed by atoms with Crippen LogP contribution >= 0.6 is 0 Å². The topological polar surface area (TPSA) is 135 Å². The molecule has 0 saturated carbocycles. The molecule has 0 spiro atoms. The number of sulfonamides is 1. The molecule has 26 heavy (non-hydrogen) atoms. The summed E-state index contributed by atoms with van der Waals surface area (Å²) in [4.78, 5) is 1.55. The lowest BCUT2D eigenvalue weighted by Crippen LogP contribution is -2.14. The zero-order valence-electron chi connectivity index (χ0n) is 13.6. The lowest BCUT2D eigenvalue weighted by atomic mass is 9.91. The molecule has 0 fully saturated rings. The fourth-order valence-corrected chi connectivity index (χ4v) is 3.78. The highest BCUT2D eigenvalue weighted by Gasteiger charge is 2.24. The minimum absolute atomic E-state index is 0.314. The van der Waals surface area contributed by atoms with E-state index in [0.29, 0.717) is 40.9 Å². The normalized spacial score (nSPS) is 12.8. The molecule has 7 nitrogen and oxygen atoms in total. The molecule has 128 valence electrons. The smallest absolute Gasteiger partial charge is 0.213 e. The first kappa shape index (κ1) is 17.4. The van der Waals surface area contributed by atoms with Crippen LogP contribution in [0.1, 0.15) is 27.8 Å². The molecule has 0 atom stereocenters. The van der Waals surface area contributed by atoms with E-state index in [2.05, 4.69) is 12.3 Å². The molecule has 1 aliphatic rings. The molecule has 0 amide bonds. The molecule has 2 aromatic carbocycles. The minimum Gasteiger partial charge on any atom is -0.302 e. The van der Waals surface area contributed by atoms with Gasteiger partial charge in [0.2, 0.25) is 10.0 Å². The van der Waals surface area contributed by atoms with E-state index in [0.717, 1.165) is 11.1 Å². The summed E-state index contributed by atoms with van der Waals surface area (Å²) in [6.07, 6.45) is 2.09. The summed E-state index contributed by atoms with van der Waals surface area (Å²) >= 11 is 0. The molecule has 8 heteroatoms. The van der Waals surface area contributed by atoms with E-state index in [9.17, 15) is 18.9 Å². The van der Waals surface area contributed by atoms with Gasteiger partial charge in [-0.05, 0) is 46.0 Å². The summed E-state index contributed by atoms with van der Waals surface area (Å²) in [6.45, 7) is 0.747. The number of rotatable bonds is 3. The largest absolute Gasteiger partial charge is 0.302 e. The Labute approximate surface area is 151 Å². The third kappa shape index (κ3) is 3.36. The van der Waals surface area contributed by atoms with Crippen LogP contribution in [-0.2, 0) is 28.9 Å². The quantitative estimate of drug-likeness (QED) is 0.824. The van der Waals surface area contributed by atoms with E-state index in [4.69, 9.17) is 10.4 Å². The van der Waals surface area contributed by atoms with Crippen molar-refractivity contribution in [3.05, 3.63) is 58.1 Å². The van der Waals surface area contributed by atoms with Gasteiger partial charge in [0.05, 0.1) is 42.1 Å². The van der Waals surface area contributed by atoms with Crippen LogP contribution in [0.5, 0.6) is 0 Å². The van der Waals surface area contributed by atoms with Crippen molar-refractivity contribution in [3.63, 3.8) is 0 Å². The summed E-state index contributed by atoms with van der Waals surface area (Å²) in [5.41, 5.74) is 4.14. The Bertz CT molecular complexity index is 1130. The first-order valence-corrected chi connectivity index (χ1v) is 9.30. The van der Waals surface area contributed by atoms with Crippen molar-refractivity contribution >= 4 is 10.0 Å². The maximum absolute atomic E-state index is 11.5. The standard InChI is InChI=1S/C18H13N5O2S/c19-6-12-1-2-16(14(3-12)7-20)17-5-13(10-26(22,24)25)4-15-8-23(11-21)9-18(15)17/h1-5H,8-10H2,(H2,22,24,25). The van der Waals surface area contributed by atoms with Crippen LogP contribution in [0.2, 0.25) is 0 Å². The maximum Gasteiger partial charge on any atom is 0.213 e. The Hall–Kier alpha value is -3.38. The highest BCUT2D eigenvalue weighted by molar-refractivity contribution is 7.88. The van der Waals surface area contributed by atoms with Gasteiger partial charge in [0.15, 0.2) is 6.19 Å². The van der Waals surface area contributed by atoms with E-state index in [1.165, 1.54) is 6.07 Å². The van der Waals surface area contributed by atoms with Crippen molar-refractivity contribution < 1.29 is 8.42 Å². The lowest BCUT2D eigenvalue weighted by Gasteiger charge is -2.13. The van der Waals surface area contributed by atoms with Crippen LogP contribution in [0.3, 0.4) is 0 Å². The summed E-state index contributed by atoms with van der Waals surface area (Å²) in [5, 5.41) is 32.9. The first-order chi connectivity index (χ1) is 12.3. The van der Waals surface area contributed by atoms with Gasteiger partial charge in [-0.3, -0.25) is 0 Å². The second kappa shape index (κ2) is 6.50. The molecule has 0 saturated heterocycles. The summed E-state index contributed by atoms with van der Waals surface area (Å²) in [7, 11) is -3.73. The minimum atomic E-state index is -3.73. The van der Waals surface area contributed by atoms with Crippen molar-refractivity contribution in [1.82, 2.24) is 4.90 Å². The molecule has 3 rings (SSSR count). The van der Waals surface area contributed by atoms with Gasteiger partial charge in [-0.25, -0.2) is 13.6 Å². The Morgan fingerprint density at radius 2 is 1.81 bits per heavy atom. The average molecular weight is 363 g/mol. The van der Waals surface area contributed by atoms with Gasteiger partial charge in [-0.15, -0.1) is 0 Å². The second-order valence-corrected chi connectivity index (χ2v) is 7.64. The Balaban J connectivity index is 2.23. The van der Waals surface area contributed by atoms with Crippen molar-refractivity contribution in [2.45, 2.75) is 18.8 Å². The molecule has 2 N–H and O–H groups in total. The van der Waals surface area contributed by atoms with Crippen molar-refractivity contribution in [2.24, 2.45) is 5.14 Å². The van der Waals surface area contributed by atoms with E-state index in [1.807, 2.05) is 6.07 Å². The van der Waals surface area contributed by atoms with Crippen molar-refractivity contribution in [2.75, 3.05) is 0 Å². The van der Waals surface area contributed by atoms with Gasteiger partial charge in [0, 0.05) is 0 Å². The zero-order valence-corrected chi connectivity index (χ0v) is 14.4. The van der Waals surface area contributed by atoms with Gasteiger partial charge in [0.1, 0.15) is 0 Å². The van der Waals surface area contributed by atoms with Crippen LogP contribution in [0.25, 0.3) is 11.1 Å². The van der Waals surface area contributed by atoms with Crippen molar-refractivity contribution in [1.29, 1.82) is 15.8 Å². The number of benzene rings is 2. The van der Waals surface area contributed by atoms with Crippen LogP contribution in [-0.4, -0.2) is 13.3 Å². The maximum atomic E-state index is 11.5. The second-order valence-electron chi connectivity index (χ2n) is 6.03. The zero-order chi connectivity index (χ0) is 18.9. The van der Waals surface area contributed by atoms with Crippen molar-refractivity contribution in [3.8, 4) is 29.5 Å². The lowest BCUT2D eigenvalue weighted by molar-refractivity contribution is 0.417. The predicted octanol–water partition coefficient (Wildman–Crippen LogP) is 1.68. The number of nitriles is 3. The van der Waals surface area contributed by atoms with Crippen LogP contribution < -0.4 is 5.14 Å². The number of hydrogen-bond acceptors (Lipinski definition) is 6. The van der Waals surface area contributed by atoms with E-state index in [-0.39, 0.29) is 5.75 Å². The molecule has 2 aromatic rings. The highest BCUT2D eigenvalue weighted by atomic mass is 32.2. The Morgan fingerprint density at radius 1 is 1.04 bits per heavy atom. The SMILES string of the molecule is N#Cc1ccc(-c2cc(CS(N)(=O)=O)cc3c2CN(C#N)C3)c(C#N)c1. The summed E-state index contributed by atoms with van der Waals surface area (Å²) in [6, 6.07) is 12.3. The third-order valence-corrected chi connectivity index (χ3v) is 4.92. The first-order valence-electron chi connectivity index (χ1n) is 7.59. The monoisotopic (exact) mass is 363 g/mol. The molecule has 1 aliphatic heterocycles. The number of fused-ring (bicyclic) bond motifs is 1. The fourth-order valence-electron chi connectivity index (χ4n) is 3.15. The van der Waals surface area contributed by atoms with E-state index < -0.39 is 10.0 Å². The predicted molar refractivity (Wildman–Crippen MR) is 93.0 cm³/mol. The molecule has 0 aromatic heterocycles. The molecule has 0 aliphatic carbocycles. The van der Waals surface area contributed by atoms with Gasteiger partial charge < -0.3 is 4.90 Å². The van der Waals surface area contributed by atoms with Gasteiger partial charge >= 0.3 is 0 Å². The Kier molecular flexibility index (Phi) is 4.36. The van der Waals surface area contributed by atoms with E-state index in [1.54, 1.807) is 29.2 Å². The number of primary sulfonamides is 1. The number of nitrogens with two attached hydrogens (primary N) is 1. The average Bonchev–Trinajstić information content (AvgIpc) is 3.02. The summed E-state index contributed by atoms with van der Waals surface area (Å²) in [5.74, 6) is -0.335. The molecule has 1 heterocycles. The molecule has 0 radical (unpaired) electrons. The molecular weight excluding hydrogens is 350 g/mol. The molecular formula is C18H13N5O2S. The van der Waals surface area contributed by atoms with Gasteiger partial charge in [0.25, 0.3) is 0 Å². The number of nitrogens with zero attached hydrogens (tertiary/aromatic N) is 4. The van der Waals surface area contributed by atoms with E-state index >= 15 is 0 Å². The molecule has 0 bridgehead atoms. The van der Waals surface area contributed by atoms with Gasteiger partial charge in [-0.2, -0.15) is 15.8 Å². The highest BCUT2D eigenvalue weighted by Crippen LogP contribution is 2.36. The fraction of sp³-hybridized carbons (Fsp3) is 0.167. The summed E-state index contributed by atoms with van der Waals surface area (Å²) < 4.78 is 23.0. The molecule has 0 unspecified atom stereocenters. The Morgan fingerprint density at radius 3 is 2.42 bits per heavy atom. The third-order valence-electron chi connectivity index (χ3n) is 4.18. The van der Waals surface area contributed by atoms with Crippen LogP contribution in [0.15, 0.2) is 30.3 Å².